The summed E-state index contributed by atoms with van der Waals surface area (Å²) in [4.78, 5) is 20.6. The first-order chi connectivity index (χ1) is 9.61. The minimum atomic E-state index is -0.713. The van der Waals surface area contributed by atoms with Crippen molar-refractivity contribution in [3.63, 3.8) is 0 Å². The molecule has 6 heteroatoms. The smallest absolute Gasteiger partial charge is 0.320 e. The summed E-state index contributed by atoms with van der Waals surface area (Å²) in [6, 6.07) is -0.279. The second kappa shape index (κ2) is 11.7. The fourth-order valence-electron chi connectivity index (χ4n) is 2.13. The van der Waals surface area contributed by atoms with E-state index >= 15 is 0 Å². The van der Waals surface area contributed by atoms with Gasteiger partial charge in [-0.05, 0) is 38.8 Å². The molecule has 0 aromatic rings. The third-order valence-electron chi connectivity index (χ3n) is 3.25. The minimum absolute atomic E-state index is 0.140. The van der Waals surface area contributed by atoms with Gasteiger partial charge in [-0.15, -0.1) is 0 Å². The van der Waals surface area contributed by atoms with Gasteiger partial charge >= 0.3 is 11.9 Å². The van der Waals surface area contributed by atoms with Gasteiger partial charge in [-0.25, -0.2) is 0 Å². The molecule has 2 aliphatic heterocycles. The summed E-state index contributed by atoms with van der Waals surface area (Å²) in [5.41, 5.74) is 0. The predicted octanol–water partition coefficient (Wildman–Crippen LogP) is 1.31. The Morgan fingerprint density at radius 1 is 0.950 bits per heavy atom. The molecule has 0 amide bonds. The van der Waals surface area contributed by atoms with Gasteiger partial charge in [0.2, 0.25) is 0 Å². The van der Waals surface area contributed by atoms with Gasteiger partial charge in [-0.2, -0.15) is 0 Å². The number of carboxylic acids is 2. The van der Waals surface area contributed by atoms with Crippen molar-refractivity contribution in [3.8, 4) is 0 Å². The van der Waals surface area contributed by atoms with Crippen LogP contribution in [0.5, 0.6) is 0 Å². The lowest BCUT2D eigenvalue weighted by molar-refractivity contribution is -0.142. The molecule has 2 aliphatic rings. The second-order valence-corrected chi connectivity index (χ2v) is 4.72. The molecule has 20 heavy (non-hydrogen) atoms. The molecule has 0 bridgehead atoms. The lowest BCUT2D eigenvalue weighted by Crippen LogP contribution is -2.40. The molecule has 2 rings (SSSR count). The number of hydrogen-bond acceptors (Lipinski definition) is 4. The fourth-order valence-corrected chi connectivity index (χ4v) is 2.13. The fraction of sp³-hybridized carbons (Fsp3) is 0.857. The van der Waals surface area contributed by atoms with Crippen molar-refractivity contribution >= 4 is 11.9 Å². The normalized spacial score (nSPS) is 25.3. The molecule has 0 aliphatic carbocycles. The summed E-state index contributed by atoms with van der Waals surface area (Å²) in [6.45, 7) is 6.48. The summed E-state index contributed by atoms with van der Waals surface area (Å²) in [5.74, 6) is -1.52. The highest BCUT2D eigenvalue weighted by atomic mass is 16.4. The number of rotatable bonds is 2. The highest BCUT2D eigenvalue weighted by Gasteiger charge is 2.19. The molecule has 0 saturated carbocycles. The van der Waals surface area contributed by atoms with Crippen molar-refractivity contribution in [3.05, 3.63) is 0 Å². The average molecular weight is 288 g/mol. The summed E-state index contributed by atoms with van der Waals surface area (Å²) < 4.78 is 0. The molecule has 6 nitrogen and oxygen atoms in total. The van der Waals surface area contributed by atoms with Crippen LogP contribution in [0.4, 0.5) is 0 Å². The van der Waals surface area contributed by atoms with E-state index in [-0.39, 0.29) is 12.0 Å². The standard InChI is InChI=1S/2C6H11NO2.C2H6/c8-6(9)5-2-1-3-7-4-5;8-6(9)5-3-1-2-4-7-5;1-2/h2*5,7H,1-4H2,(H,8,9);1-2H3. The first-order valence-corrected chi connectivity index (χ1v) is 7.51. The van der Waals surface area contributed by atoms with Gasteiger partial charge in [-0.3, -0.25) is 9.59 Å². The Balaban J connectivity index is 0.000000321. The molecule has 2 heterocycles. The molecule has 2 saturated heterocycles. The number of hydrogen-bond donors (Lipinski definition) is 4. The van der Waals surface area contributed by atoms with Crippen molar-refractivity contribution < 1.29 is 19.8 Å². The van der Waals surface area contributed by atoms with Crippen LogP contribution in [0.3, 0.4) is 0 Å². The zero-order chi connectivity index (χ0) is 15.4. The van der Waals surface area contributed by atoms with E-state index < -0.39 is 11.9 Å². The Bertz CT molecular complexity index is 244. The Morgan fingerprint density at radius 2 is 1.65 bits per heavy atom. The molecule has 0 aromatic carbocycles. The number of carbonyl (C=O) groups is 2. The van der Waals surface area contributed by atoms with Crippen LogP contribution in [0, 0.1) is 5.92 Å². The highest BCUT2D eigenvalue weighted by Crippen LogP contribution is 2.08. The van der Waals surface area contributed by atoms with Gasteiger partial charge in [0.15, 0.2) is 0 Å². The number of aliphatic carboxylic acids is 2. The third kappa shape index (κ3) is 8.12. The maximum Gasteiger partial charge on any atom is 0.320 e. The molecule has 2 atom stereocenters. The van der Waals surface area contributed by atoms with Gasteiger partial charge < -0.3 is 20.8 Å². The molecule has 2 unspecified atom stereocenters. The maximum absolute atomic E-state index is 10.3. The quantitative estimate of drug-likeness (QED) is 0.611. The van der Waals surface area contributed by atoms with Crippen molar-refractivity contribution in [2.24, 2.45) is 5.92 Å². The van der Waals surface area contributed by atoms with Gasteiger partial charge in [0.1, 0.15) is 6.04 Å². The van der Waals surface area contributed by atoms with Crippen LogP contribution in [-0.4, -0.2) is 47.8 Å². The van der Waals surface area contributed by atoms with E-state index in [1.807, 2.05) is 13.8 Å². The van der Waals surface area contributed by atoms with E-state index in [1.165, 1.54) is 0 Å². The van der Waals surface area contributed by atoms with E-state index in [1.54, 1.807) is 0 Å². The second-order valence-electron chi connectivity index (χ2n) is 4.72. The van der Waals surface area contributed by atoms with Crippen LogP contribution in [-0.2, 0) is 9.59 Å². The summed E-state index contributed by atoms with van der Waals surface area (Å²) in [6.07, 6.45) is 4.78. The number of piperidine rings is 2. The molecular weight excluding hydrogens is 260 g/mol. The van der Waals surface area contributed by atoms with Crippen molar-refractivity contribution in [2.45, 2.75) is 52.0 Å². The Kier molecular flexibility index (Phi) is 11.0. The van der Waals surface area contributed by atoms with E-state index in [2.05, 4.69) is 10.6 Å². The molecule has 118 valence electrons. The van der Waals surface area contributed by atoms with Crippen molar-refractivity contribution in [1.29, 1.82) is 0 Å². The minimum Gasteiger partial charge on any atom is -0.481 e. The Morgan fingerprint density at radius 3 is 1.95 bits per heavy atom. The van der Waals surface area contributed by atoms with E-state index in [4.69, 9.17) is 10.2 Å². The maximum atomic E-state index is 10.3. The van der Waals surface area contributed by atoms with Crippen LogP contribution in [0.2, 0.25) is 0 Å². The van der Waals surface area contributed by atoms with Crippen LogP contribution in [0.1, 0.15) is 46.0 Å². The van der Waals surface area contributed by atoms with Crippen molar-refractivity contribution in [1.82, 2.24) is 10.6 Å². The molecular formula is C14H28N2O4. The van der Waals surface area contributed by atoms with Crippen LogP contribution >= 0.6 is 0 Å². The van der Waals surface area contributed by atoms with Crippen LogP contribution in [0.25, 0.3) is 0 Å². The first kappa shape index (κ1) is 18.9. The molecule has 2 fully saturated rings. The summed E-state index contributed by atoms with van der Waals surface area (Å²) in [5, 5.41) is 22.9. The Hall–Kier alpha value is -1.14. The molecule has 4 N–H and O–H groups in total. The SMILES string of the molecule is CC.O=C(O)C1CCCCN1.O=C(O)C1CCCNC1. The molecule has 0 radical (unpaired) electrons. The van der Waals surface area contributed by atoms with E-state index in [0.717, 1.165) is 45.2 Å². The zero-order valence-electron chi connectivity index (χ0n) is 12.5. The van der Waals surface area contributed by atoms with Gasteiger partial charge in [0.25, 0.3) is 0 Å². The van der Waals surface area contributed by atoms with Crippen LogP contribution in [0.15, 0.2) is 0 Å². The van der Waals surface area contributed by atoms with Crippen molar-refractivity contribution in [2.75, 3.05) is 19.6 Å². The highest BCUT2D eigenvalue weighted by molar-refractivity contribution is 5.73. The monoisotopic (exact) mass is 288 g/mol. The predicted molar refractivity (Wildman–Crippen MR) is 77.9 cm³/mol. The first-order valence-electron chi connectivity index (χ1n) is 7.51. The van der Waals surface area contributed by atoms with E-state index in [0.29, 0.717) is 6.54 Å². The average Bonchev–Trinajstić information content (AvgIpc) is 2.51. The topological polar surface area (TPSA) is 98.7 Å². The number of nitrogens with one attached hydrogen (secondary N) is 2. The van der Waals surface area contributed by atoms with E-state index in [9.17, 15) is 9.59 Å². The van der Waals surface area contributed by atoms with Crippen LogP contribution < -0.4 is 10.6 Å². The lowest BCUT2D eigenvalue weighted by atomic mass is 10.0. The Labute approximate surface area is 120 Å². The number of carboxylic acid groups (broad SMARTS) is 2. The largest absolute Gasteiger partial charge is 0.481 e. The van der Waals surface area contributed by atoms with Gasteiger partial charge in [0, 0.05) is 6.54 Å². The molecule has 0 aromatic heterocycles. The summed E-state index contributed by atoms with van der Waals surface area (Å²) >= 11 is 0. The van der Waals surface area contributed by atoms with Gasteiger partial charge in [-0.1, -0.05) is 20.3 Å². The van der Waals surface area contributed by atoms with Gasteiger partial charge in [0.05, 0.1) is 5.92 Å². The summed E-state index contributed by atoms with van der Waals surface area (Å²) in [7, 11) is 0. The lowest BCUT2D eigenvalue weighted by Gasteiger charge is -2.18. The molecule has 0 spiro atoms. The third-order valence-corrected chi connectivity index (χ3v) is 3.25. The zero-order valence-corrected chi connectivity index (χ0v) is 12.5.